The zero-order valence-electron chi connectivity index (χ0n) is 17.9. The number of rotatable bonds is 11. The molecule has 0 aliphatic heterocycles. The van der Waals surface area contributed by atoms with E-state index in [9.17, 15) is 4.79 Å². The summed E-state index contributed by atoms with van der Waals surface area (Å²) in [6.45, 7) is 1.30. The summed E-state index contributed by atoms with van der Waals surface area (Å²) in [5, 5.41) is 18.5. The Morgan fingerprint density at radius 2 is 1.85 bits per heavy atom. The number of primary amides is 1. The molecule has 33 heavy (non-hydrogen) atoms. The van der Waals surface area contributed by atoms with E-state index < -0.39 is 5.91 Å². The molecule has 3 aromatic carbocycles. The highest BCUT2D eigenvalue weighted by Gasteiger charge is 2.11. The molecule has 0 saturated heterocycles. The lowest BCUT2D eigenvalue weighted by Gasteiger charge is -2.14. The van der Waals surface area contributed by atoms with E-state index in [0.29, 0.717) is 12.3 Å². The summed E-state index contributed by atoms with van der Waals surface area (Å²) in [7, 11) is 0. The summed E-state index contributed by atoms with van der Waals surface area (Å²) >= 11 is 1.62. The molecule has 4 aromatic rings. The maximum atomic E-state index is 11.2. The van der Waals surface area contributed by atoms with E-state index in [1.54, 1.807) is 16.4 Å². The van der Waals surface area contributed by atoms with E-state index in [1.165, 1.54) is 0 Å². The second kappa shape index (κ2) is 12.2. The standard InChI is InChI=1S/C23H24N6O2S.ClH/c24-22(30)16-31-21-12-11-17-7-4-5-10-19(17)20(21)15-25-13-6-14-32-23-26-27-28-29(23)18-8-2-1-3-9-18;/h1-5,7-12,25H,6,13-16H2,(H2,24,30);1H. The SMILES string of the molecule is Cl.NC(=O)COc1ccc2ccccc2c1CNCCCSc1nnnn1-c1ccccc1. The van der Waals surface area contributed by atoms with Gasteiger partial charge in [-0.1, -0.05) is 60.3 Å². The Labute approximate surface area is 202 Å². The van der Waals surface area contributed by atoms with Gasteiger partial charge in [-0.15, -0.1) is 17.5 Å². The first-order chi connectivity index (χ1) is 15.7. The zero-order chi connectivity index (χ0) is 22.2. The number of nitrogens with one attached hydrogen (secondary N) is 1. The molecule has 0 radical (unpaired) electrons. The summed E-state index contributed by atoms with van der Waals surface area (Å²) in [6.07, 6.45) is 0.939. The summed E-state index contributed by atoms with van der Waals surface area (Å²) < 4.78 is 7.39. The molecule has 8 nitrogen and oxygen atoms in total. The lowest BCUT2D eigenvalue weighted by Crippen LogP contribution is -2.21. The average Bonchev–Trinajstić information content (AvgIpc) is 3.29. The van der Waals surface area contributed by atoms with E-state index >= 15 is 0 Å². The fraction of sp³-hybridized carbons (Fsp3) is 0.217. The van der Waals surface area contributed by atoms with Crippen LogP contribution < -0.4 is 15.8 Å². The third-order valence-corrected chi connectivity index (χ3v) is 5.85. The van der Waals surface area contributed by atoms with Crippen LogP contribution in [0.3, 0.4) is 0 Å². The number of ether oxygens (including phenoxy) is 1. The molecule has 1 amide bonds. The van der Waals surface area contributed by atoms with Crippen LogP contribution in [0.1, 0.15) is 12.0 Å². The van der Waals surface area contributed by atoms with Crippen LogP contribution in [-0.2, 0) is 11.3 Å². The highest BCUT2D eigenvalue weighted by molar-refractivity contribution is 7.99. The number of carbonyl (C=O) groups is 1. The summed E-state index contributed by atoms with van der Waals surface area (Å²) in [5.74, 6) is 1.05. The number of tetrazole rings is 1. The van der Waals surface area contributed by atoms with Crippen molar-refractivity contribution in [3.8, 4) is 11.4 Å². The van der Waals surface area contributed by atoms with Crippen molar-refractivity contribution >= 4 is 40.8 Å². The van der Waals surface area contributed by atoms with Crippen LogP contribution in [-0.4, -0.2) is 45.0 Å². The number of aromatic nitrogens is 4. The third-order valence-electron chi connectivity index (χ3n) is 4.84. The van der Waals surface area contributed by atoms with Crippen molar-refractivity contribution in [3.05, 3.63) is 72.3 Å². The van der Waals surface area contributed by atoms with Gasteiger partial charge in [0.25, 0.3) is 5.91 Å². The Morgan fingerprint density at radius 1 is 1.06 bits per heavy atom. The predicted octanol–water partition coefficient (Wildman–Crippen LogP) is 3.37. The van der Waals surface area contributed by atoms with Gasteiger partial charge in [0.15, 0.2) is 6.61 Å². The largest absolute Gasteiger partial charge is 0.483 e. The molecule has 0 atom stereocenters. The van der Waals surface area contributed by atoms with Crippen LogP contribution in [0.25, 0.3) is 16.5 Å². The van der Waals surface area contributed by atoms with Crippen molar-refractivity contribution in [1.82, 2.24) is 25.5 Å². The van der Waals surface area contributed by atoms with Gasteiger partial charge in [0.05, 0.1) is 5.69 Å². The molecule has 0 bridgehead atoms. The number of carbonyl (C=O) groups excluding carboxylic acids is 1. The number of amides is 1. The fourth-order valence-corrected chi connectivity index (χ4v) is 4.19. The van der Waals surface area contributed by atoms with Crippen molar-refractivity contribution in [2.45, 2.75) is 18.1 Å². The fourth-order valence-electron chi connectivity index (χ4n) is 3.36. The first-order valence-corrected chi connectivity index (χ1v) is 11.3. The molecule has 172 valence electrons. The molecule has 3 N–H and O–H groups in total. The number of benzene rings is 3. The van der Waals surface area contributed by atoms with Crippen LogP contribution >= 0.6 is 24.2 Å². The highest BCUT2D eigenvalue weighted by atomic mass is 35.5. The van der Waals surface area contributed by atoms with Gasteiger partial charge >= 0.3 is 0 Å². The molecule has 0 fully saturated rings. The molecule has 0 spiro atoms. The smallest absolute Gasteiger partial charge is 0.255 e. The number of thioether (sulfide) groups is 1. The molecule has 1 aromatic heterocycles. The second-order valence-corrected chi connectivity index (χ2v) is 8.17. The first kappa shape index (κ1) is 24.5. The number of hydrogen-bond acceptors (Lipinski definition) is 7. The van der Waals surface area contributed by atoms with Crippen molar-refractivity contribution in [3.63, 3.8) is 0 Å². The molecular formula is C23H25ClN6O2S. The summed E-state index contributed by atoms with van der Waals surface area (Å²) in [5.41, 5.74) is 7.21. The molecule has 0 aliphatic rings. The van der Waals surface area contributed by atoms with E-state index in [1.807, 2.05) is 54.6 Å². The summed E-state index contributed by atoms with van der Waals surface area (Å²) in [6, 6.07) is 21.8. The maximum Gasteiger partial charge on any atom is 0.255 e. The topological polar surface area (TPSA) is 108 Å². The number of nitrogens with two attached hydrogens (primary N) is 1. The molecular weight excluding hydrogens is 460 g/mol. The van der Waals surface area contributed by atoms with Gasteiger partial charge in [-0.2, -0.15) is 4.68 Å². The Hall–Kier alpha value is -3.14. The molecule has 0 aliphatic carbocycles. The van der Waals surface area contributed by atoms with Crippen molar-refractivity contribution in [1.29, 1.82) is 0 Å². The minimum Gasteiger partial charge on any atom is -0.483 e. The van der Waals surface area contributed by atoms with Gasteiger partial charge in [-0.3, -0.25) is 4.79 Å². The quantitative estimate of drug-likeness (QED) is 0.248. The van der Waals surface area contributed by atoms with E-state index in [0.717, 1.165) is 45.9 Å². The number of para-hydroxylation sites is 1. The number of halogens is 1. The second-order valence-electron chi connectivity index (χ2n) is 7.11. The Balaban J connectivity index is 0.00000306. The van der Waals surface area contributed by atoms with Gasteiger partial charge in [0, 0.05) is 17.9 Å². The van der Waals surface area contributed by atoms with Gasteiger partial charge in [0.1, 0.15) is 5.75 Å². The van der Waals surface area contributed by atoms with Crippen molar-refractivity contribution < 1.29 is 9.53 Å². The number of hydrogen-bond donors (Lipinski definition) is 2. The molecule has 10 heteroatoms. The van der Waals surface area contributed by atoms with Crippen LogP contribution in [0.4, 0.5) is 0 Å². The zero-order valence-corrected chi connectivity index (χ0v) is 19.5. The molecule has 0 saturated carbocycles. The predicted molar refractivity (Wildman–Crippen MR) is 132 cm³/mol. The molecule has 4 rings (SSSR count). The highest BCUT2D eigenvalue weighted by Crippen LogP contribution is 2.28. The third kappa shape index (κ3) is 6.44. The summed E-state index contributed by atoms with van der Waals surface area (Å²) in [4.78, 5) is 11.2. The van der Waals surface area contributed by atoms with Crippen LogP contribution in [0.2, 0.25) is 0 Å². The Morgan fingerprint density at radius 3 is 2.67 bits per heavy atom. The lowest BCUT2D eigenvalue weighted by atomic mass is 10.0. The number of nitrogens with zero attached hydrogens (tertiary/aromatic N) is 4. The van der Waals surface area contributed by atoms with Gasteiger partial charge in [-0.05, 0) is 52.4 Å². The first-order valence-electron chi connectivity index (χ1n) is 10.3. The van der Waals surface area contributed by atoms with E-state index in [4.69, 9.17) is 10.5 Å². The molecule has 1 heterocycles. The van der Waals surface area contributed by atoms with Crippen LogP contribution in [0.15, 0.2) is 71.9 Å². The van der Waals surface area contributed by atoms with E-state index in [-0.39, 0.29) is 19.0 Å². The van der Waals surface area contributed by atoms with Crippen LogP contribution in [0, 0.1) is 0 Å². The minimum absolute atomic E-state index is 0. The average molecular weight is 485 g/mol. The van der Waals surface area contributed by atoms with Gasteiger partial charge < -0.3 is 15.8 Å². The van der Waals surface area contributed by atoms with Crippen molar-refractivity contribution in [2.24, 2.45) is 5.73 Å². The normalized spacial score (nSPS) is 10.7. The van der Waals surface area contributed by atoms with Crippen LogP contribution in [0.5, 0.6) is 5.75 Å². The van der Waals surface area contributed by atoms with Crippen molar-refractivity contribution in [2.75, 3.05) is 18.9 Å². The minimum atomic E-state index is -0.494. The monoisotopic (exact) mass is 484 g/mol. The Bertz CT molecular complexity index is 1190. The molecule has 0 unspecified atom stereocenters. The van der Waals surface area contributed by atoms with Gasteiger partial charge in [-0.25, -0.2) is 0 Å². The maximum absolute atomic E-state index is 11.2. The Kier molecular flexibility index (Phi) is 9.05. The number of fused-ring (bicyclic) bond motifs is 1. The van der Waals surface area contributed by atoms with Gasteiger partial charge in [0.2, 0.25) is 5.16 Å². The van der Waals surface area contributed by atoms with E-state index in [2.05, 4.69) is 33.0 Å². The lowest BCUT2D eigenvalue weighted by molar-refractivity contribution is -0.119.